The number of carbonyl (C=O) groups is 2. The lowest BCUT2D eigenvalue weighted by atomic mass is 9.95. The number of hydrogen-bond acceptors (Lipinski definition) is 3. The Morgan fingerprint density at radius 1 is 1.17 bits per heavy atom. The van der Waals surface area contributed by atoms with Crippen LogP contribution in [0.5, 0.6) is 0 Å². The van der Waals surface area contributed by atoms with Gasteiger partial charge in [0.2, 0.25) is 0 Å². The first kappa shape index (κ1) is 16.7. The molecule has 6 nitrogen and oxygen atoms in total. The largest absolute Gasteiger partial charge is 0.347 e. The van der Waals surface area contributed by atoms with Gasteiger partial charge in [0.25, 0.3) is 11.8 Å². The van der Waals surface area contributed by atoms with Crippen LogP contribution in [0.3, 0.4) is 0 Å². The lowest BCUT2D eigenvalue weighted by Gasteiger charge is -2.23. The minimum Gasteiger partial charge on any atom is -0.347 e. The van der Waals surface area contributed by atoms with Gasteiger partial charge < -0.3 is 15.2 Å². The normalized spacial score (nSPS) is 17.8. The van der Waals surface area contributed by atoms with Crippen LogP contribution < -0.4 is 10.6 Å². The molecule has 0 unspecified atom stereocenters. The standard InChI is InChI=1S/C18H26N4O2/c1-2-11-19-17(23)15-14-10-6-7-12-22(14)16(21-15)18(24)20-13-8-4-3-5-9-13/h2,13H,1,3-12H2,(H,19,23)(H,20,24). The predicted molar refractivity (Wildman–Crippen MR) is 92.0 cm³/mol. The number of imidazole rings is 1. The molecule has 0 spiro atoms. The fraction of sp³-hybridized carbons (Fsp3) is 0.611. The average molecular weight is 330 g/mol. The molecule has 0 atom stereocenters. The van der Waals surface area contributed by atoms with Gasteiger partial charge >= 0.3 is 0 Å². The highest BCUT2D eigenvalue weighted by molar-refractivity contribution is 5.97. The van der Waals surface area contributed by atoms with Gasteiger partial charge in [-0.15, -0.1) is 6.58 Å². The Hall–Kier alpha value is -2.11. The van der Waals surface area contributed by atoms with E-state index in [-0.39, 0.29) is 17.9 Å². The number of hydrogen-bond donors (Lipinski definition) is 2. The van der Waals surface area contributed by atoms with Crippen molar-refractivity contribution in [3.63, 3.8) is 0 Å². The van der Waals surface area contributed by atoms with Crippen LogP contribution in [0.1, 0.15) is 71.7 Å². The minimum absolute atomic E-state index is 0.146. The molecule has 0 saturated heterocycles. The van der Waals surface area contributed by atoms with E-state index in [1.807, 2.05) is 4.57 Å². The summed E-state index contributed by atoms with van der Waals surface area (Å²) in [5.41, 5.74) is 1.28. The molecular formula is C18H26N4O2. The van der Waals surface area contributed by atoms with E-state index in [0.717, 1.165) is 44.3 Å². The fourth-order valence-corrected chi connectivity index (χ4v) is 3.64. The number of aromatic nitrogens is 2. The Morgan fingerprint density at radius 2 is 1.96 bits per heavy atom. The van der Waals surface area contributed by atoms with E-state index in [2.05, 4.69) is 22.2 Å². The molecule has 1 aromatic heterocycles. The highest BCUT2D eigenvalue weighted by Gasteiger charge is 2.28. The van der Waals surface area contributed by atoms with Crippen LogP contribution in [0, 0.1) is 0 Å². The first-order valence-corrected chi connectivity index (χ1v) is 9.00. The number of amides is 2. The predicted octanol–water partition coefficient (Wildman–Crippen LogP) is 2.20. The summed E-state index contributed by atoms with van der Waals surface area (Å²) in [4.78, 5) is 29.4. The lowest BCUT2D eigenvalue weighted by Crippen LogP contribution is -2.37. The van der Waals surface area contributed by atoms with E-state index >= 15 is 0 Å². The number of nitrogens with one attached hydrogen (secondary N) is 2. The molecule has 6 heteroatoms. The fourth-order valence-electron chi connectivity index (χ4n) is 3.64. The number of fused-ring (bicyclic) bond motifs is 1. The molecule has 3 rings (SSSR count). The van der Waals surface area contributed by atoms with E-state index < -0.39 is 0 Å². The quantitative estimate of drug-likeness (QED) is 0.813. The lowest BCUT2D eigenvalue weighted by molar-refractivity contribution is 0.0911. The van der Waals surface area contributed by atoms with Crippen LogP contribution in [0.4, 0.5) is 0 Å². The SMILES string of the molecule is C=CCNC(=O)c1nc(C(=O)NC2CCCCC2)n2c1CCCC2. The van der Waals surface area contributed by atoms with Gasteiger partial charge in [0.15, 0.2) is 5.82 Å². The molecule has 1 aliphatic heterocycles. The number of carbonyl (C=O) groups excluding carboxylic acids is 2. The van der Waals surface area contributed by atoms with Gasteiger partial charge in [0.1, 0.15) is 5.69 Å². The molecule has 1 saturated carbocycles. The zero-order valence-corrected chi connectivity index (χ0v) is 14.1. The second kappa shape index (κ2) is 7.64. The van der Waals surface area contributed by atoms with Crippen molar-refractivity contribution < 1.29 is 9.59 Å². The Kier molecular flexibility index (Phi) is 5.33. The smallest absolute Gasteiger partial charge is 0.287 e. The molecular weight excluding hydrogens is 304 g/mol. The zero-order valence-electron chi connectivity index (χ0n) is 14.1. The summed E-state index contributed by atoms with van der Waals surface area (Å²) < 4.78 is 1.94. The zero-order chi connectivity index (χ0) is 16.9. The van der Waals surface area contributed by atoms with Crippen molar-refractivity contribution in [2.75, 3.05) is 6.54 Å². The summed E-state index contributed by atoms with van der Waals surface area (Å²) in [7, 11) is 0. The third-order valence-corrected chi connectivity index (χ3v) is 4.88. The van der Waals surface area contributed by atoms with Crippen LogP contribution in [0.15, 0.2) is 12.7 Å². The Bertz CT molecular complexity index is 629. The minimum atomic E-state index is -0.225. The highest BCUT2D eigenvalue weighted by atomic mass is 16.2. The maximum absolute atomic E-state index is 12.7. The second-order valence-corrected chi connectivity index (χ2v) is 6.65. The summed E-state index contributed by atoms with van der Waals surface area (Å²) in [6.07, 6.45) is 10.1. The molecule has 0 radical (unpaired) electrons. The maximum Gasteiger partial charge on any atom is 0.287 e. The van der Waals surface area contributed by atoms with E-state index in [1.165, 1.54) is 19.3 Å². The molecule has 0 bridgehead atoms. The van der Waals surface area contributed by atoms with Gasteiger partial charge in [-0.2, -0.15) is 0 Å². The summed E-state index contributed by atoms with van der Waals surface area (Å²) in [6, 6.07) is 0.237. The molecule has 0 aromatic carbocycles. The average Bonchev–Trinajstić information content (AvgIpc) is 3.00. The van der Waals surface area contributed by atoms with Crippen molar-refractivity contribution in [1.82, 2.24) is 20.2 Å². The monoisotopic (exact) mass is 330 g/mol. The second-order valence-electron chi connectivity index (χ2n) is 6.65. The van der Waals surface area contributed by atoms with E-state index in [1.54, 1.807) is 6.08 Å². The van der Waals surface area contributed by atoms with Crippen LogP contribution in [-0.4, -0.2) is 34.0 Å². The molecule has 24 heavy (non-hydrogen) atoms. The molecule has 2 heterocycles. The van der Waals surface area contributed by atoms with Gasteiger partial charge in [0.05, 0.1) is 5.69 Å². The van der Waals surface area contributed by atoms with Crippen LogP contribution in [0.25, 0.3) is 0 Å². The maximum atomic E-state index is 12.7. The van der Waals surface area contributed by atoms with E-state index in [9.17, 15) is 9.59 Å². The number of rotatable bonds is 5. The van der Waals surface area contributed by atoms with Gasteiger partial charge in [-0.1, -0.05) is 25.3 Å². The van der Waals surface area contributed by atoms with Gasteiger partial charge in [-0.05, 0) is 32.1 Å². The van der Waals surface area contributed by atoms with Crippen LogP contribution in [0.2, 0.25) is 0 Å². The first-order chi connectivity index (χ1) is 11.7. The van der Waals surface area contributed by atoms with Crippen molar-refractivity contribution in [2.45, 2.75) is 64.0 Å². The molecule has 1 fully saturated rings. The third-order valence-electron chi connectivity index (χ3n) is 4.88. The summed E-state index contributed by atoms with van der Waals surface area (Å²) >= 11 is 0. The van der Waals surface area contributed by atoms with Crippen molar-refractivity contribution in [2.24, 2.45) is 0 Å². The van der Waals surface area contributed by atoms with Crippen LogP contribution >= 0.6 is 0 Å². The van der Waals surface area contributed by atoms with Gasteiger partial charge in [0, 0.05) is 19.1 Å². The van der Waals surface area contributed by atoms with Crippen molar-refractivity contribution >= 4 is 11.8 Å². The summed E-state index contributed by atoms with van der Waals surface area (Å²) in [5, 5.41) is 5.88. The first-order valence-electron chi connectivity index (χ1n) is 9.00. The number of nitrogens with zero attached hydrogens (tertiary/aromatic N) is 2. The van der Waals surface area contributed by atoms with Gasteiger partial charge in [-0.25, -0.2) is 4.98 Å². The summed E-state index contributed by atoms with van der Waals surface area (Å²) in [5.74, 6) is 0.0177. The van der Waals surface area contributed by atoms with E-state index in [4.69, 9.17) is 0 Å². The Balaban J connectivity index is 1.81. The van der Waals surface area contributed by atoms with E-state index in [0.29, 0.717) is 18.1 Å². The third kappa shape index (κ3) is 3.52. The van der Waals surface area contributed by atoms with Crippen molar-refractivity contribution in [3.8, 4) is 0 Å². The highest BCUT2D eigenvalue weighted by Crippen LogP contribution is 2.22. The molecule has 2 N–H and O–H groups in total. The van der Waals surface area contributed by atoms with Gasteiger partial charge in [-0.3, -0.25) is 9.59 Å². The molecule has 1 aliphatic carbocycles. The van der Waals surface area contributed by atoms with Crippen molar-refractivity contribution in [1.29, 1.82) is 0 Å². The molecule has 2 aliphatic rings. The molecule has 130 valence electrons. The van der Waals surface area contributed by atoms with Crippen molar-refractivity contribution in [3.05, 3.63) is 29.9 Å². The Morgan fingerprint density at radius 3 is 2.71 bits per heavy atom. The topological polar surface area (TPSA) is 76.0 Å². The van der Waals surface area contributed by atoms with Crippen LogP contribution in [-0.2, 0) is 13.0 Å². The Labute approximate surface area is 142 Å². The molecule has 1 aromatic rings. The summed E-state index contributed by atoms with van der Waals surface area (Å²) in [6.45, 7) is 4.76. The molecule has 2 amide bonds.